The molecule has 7 nitrogen and oxygen atoms in total. The minimum absolute atomic E-state index is 0.0114. The van der Waals surface area contributed by atoms with Gasteiger partial charge in [-0.15, -0.1) is 0 Å². The number of rotatable bonds is 5. The molecule has 0 bridgehead atoms. The number of hydrogen-bond acceptors (Lipinski definition) is 4. The van der Waals surface area contributed by atoms with Gasteiger partial charge in [0.1, 0.15) is 5.69 Å². The van der Waals surface area contributed by atoms with Crippen LogP contribution in [-0.2, 0) is 22.0 Å². The van der Waals surface area contributed by atoms with Crippen molar-refractivity contribution in [1.82, 2.24) is 9.88 Å². The summed E-state index contributed by atoms with van der Waals surface area (Å²) in [5.74, 6) is -6.07. The summed E-state index contributed by atoms with van der Waals surface area (Å²) in [4.78, 5) is 38.9. The van der Waals surface area contributed by atoms with E-state index < -0.39 is 51.4 Å². The Morgan fingerprint density at radius 2 is 1.79 bits per heavy atom. The molecule has 2 unspecified atom stereocenters. The number of amides is 2. The highest BCUT2D eigenvalue weighted by Crippen LogP contribution is 2.54. The van der Waals surface area contributed by atoms with E-state index in [-0.39, 0.29) is 40.4 Å². The summed E-state index contributed by atoms with van der Waals surface area (Å²) in [7, 11) is -1.03. The van der Waals surface area contributed by atoms with Gasteiger partial charge in [0.2, 0.25) is 0 Å². The Morgan fingerprint density at radius 1 is 1.15 bits per heavy atom. The van der Waals surface area contributed by atoms with Crippen molar-refractivity contribution in [1.29, 1.82) is 0 Å². The highest BCUT2D eigenvalue weighted by molar-refractivity contribution is 7.86. The second-order valence-electron chi connectivity index (χ2n) is 9.21. The van der Waals surface area contributed by atoms with E-state index in [9.17, 15) is 31.8 Å². The Balaban J connectivity index is 1.47. The van der Waals surface area contributed by atoms with Crippen molar-refractivity contribution in [3.05, 3.63) is 52.1 Å². The summed E-state index contributed by atoms with van der Waals surface area (Å²) in [6, 6.07) is 1.35. The fourth-order valence-corrected chi connectivity index (χ4v) is 6.42. The number of benzene rings is 1. The molecule has 5 rings (SSSR count). The van der Waals surface area contributed by atoms with Crippen LogP contribution in [0.4, 0.5) is 18.9 Å². The molecule has 1 aliphatic carbocycles. The Bertz CT molecular complexity index is 1260. The molecular formula is C22H20F3N3O4S. The van der Waals surface area contributed by atoms with E-state index in [0.29, 0.717) is 29.8 Å². The van der Waals surface area contributed by atoms with Gasteiger partial charge in [-0.2, -0.15) is 0 Å². The first kappa shape index (κ1) is 21.9. The fraction of sp³-hybridized carbons (Fsp3) is 0.409. The van der Waals surface area contributed by atoms with Crippen molar-refractivity contribution < 1.29 is 31.8 Å². The molecule has 2 fully saturated rings. The topological polar surface area (TPSA) is 97.3 Å². The number of ketones is 1. The van der Waals surface area contributed by atoms with Gasteiger partial charge in [-0.05, 0) is 38.2 Å². The van der Waals surface area contributed by atoms with Crippen LogP contribution in [-0.4, -0.2) is 43.4 Å². The molecule has 2 amide bonds. The second-order valence-corrected chi connectivity index (χ2v) is 10.7. The van der Waals surface area contributed by atoms with Gasteiger partial charge in [0.05, 0.1) is 11.1 Å². The number of halogens is 3. The number of carbonyl (C=O) groups is 3. The predicted octanol–water partition coefficient (Wildman–Crippen LogP) is 2.40. The molecule has 174 valence electrons. The monoisotopic (exact) mass is 479 g/mol. The van der Waals surface area contributed by atoms with Crippen LogP contribution in [0.2, 0.25) is 0 Å². The van der Waals surface area contributed by atoms with Gasteiger partial charge < -0.3 is 15.2 Å². The van der Waals surface area contributed by atoms with E-state index in [1.165, 1.54) is 0 Å². The number of aromatic nitrogens is 1. The summed E-state index contributed by atoms with van der Waals surface area (Å²) >= 11 is 0. The number of carbonyl (C=O) groups excluding carboxylic acids is 3. The molecule has 3 aliphatic rings. The summed E-state index contributed by atoms with van der Waals surface area (Å²) < 4.78 is 53.6. The van der Waals surface area contributed by atoms with Crippen LogP contribution < -0.4 is 10.6 Å². The third-order valence-electron chi connectivity index (χ3n) is 6.49. The Morgan fingerprint density at radius 3 is 2.39 bits per heavy atom. The minimum Gasteiger partial charge on any atom is -0.342 e. The molecule has 2 N–H and O–H groups in total. The van der Waals surface area contributed by atoms with Crippen LogP contribution in [0.3, 0.4) is 0 Å². The highest BCUT2D eigenvalue weighted by atomic mass is 32.2. The zero-order chi connectivity index (χ0) is 23.8. The number of nitrogens with zero attached hydrogens (tertiary/aromatic N) is 1. The first-order chi connectivity index (χ1) is 15.5. The second kappa shape index (κ2) is 7.28. The van der Waals surface area contributed by atoms with E-state index in [4.69, 9.17) is 0 Å². The van der Waals surface area contributed by atoms with E-state index in [1.54, 1.807) is 18.4 Å². The SMILES string of the molecule is Cc1c(C(=O)C(=O)NC2(C)CS(=O)C2)c2n(c1C(=O)Nc1cc(F)c(F)c(F)c1)C1CC1C2. The average Bonchev–Trinajstić information content (AvgIpc) is 3.28. The smallest absolute Gasteiger partial charge is 0.292 e. The number of anilines is 1. The standard InChI is InChI=1S/C22H20F3N3O4S/c1-9-16(19(29)21(31)27-22(2)7-33(32)8-22)15-4-10-3-14(10)28(15)18(9)20(30)26-11-5-12(23)17(25)13(24)6-11/h5-6,10,14H,3-4,7-8H2,1-2H3,(H,26,30)(H,27,31). The first-order valence-corrected chi connectivity index (χ1v) is 11.9. The molecule has 3 heterocycles. The van der Waals surface area contributed by atoms with Crippen molar-refractivity contribution >= 4 is 34.1 Å². The Kier molecular flexibility index (Phi) is 4.82. The van der Waals surface area contributed by atoms with Crippen LogP contribution in [0.1, 0.15) is 51.5 Å². The molecule has 1 aromatic heterocycles. The zero-order valence-electron chi connectivity index (χ0n) is 17.8. The molecule has 2 aliphatic heterocycles. The van der Waals surface area contributed by atoms with Gasteiger partial charge in [0, 0.05) is 51.9 Å². The van der Waals surface area contributed by atoms with Crippen LogP contribution in [0.5, 0.6) is 0 Å². The summed E-state index contributed by atoms with van der Waals surface area (Å²) in [5.41, 5.74) is 0.162. The molecule has 2 aromatic rings. The van der Waals surface area contributed by atoms with E-state index in [2.05, 4.69) is 10.6 Å². The molecule has 33 heavy (non-hydrogen) atoms. The lowest BCUT2D eigenvalue weighted by Crippen LogP contribution is -2.62. The quantitative estimate of drug-likeness (QED) is 0.391. The third kappa shape index (κ3) is 3.49. The van der Waals surface area contributed by atoms with Gasteiger partial charge in [-0.3, -0.25) is 18.6 Å². The molecule has 2 atom stereocenters. The molecule has 1 saturated heterocycles. The van der Waals surface area contributed by atoms with Crippen LogP contribution >= 0.6 is 0 Å². The predicted molar refractivity (Wildman–Crippen MR) is 113 cm³/mol. The maximum atomic E-state index is 13.6. The van der Waals surface area contributed by atoms with E-state index in [1.807, 2.05) is 0 Å². The molecular weight excluding hydrogens is 459 g/mol. The molecule has 0 radical (unpaired) electrons. The maximum absolute atomic E-state index is 13.6. The van der Waals surface area contributed by atoms with Gasteiger partial charge in [0.25, 0.3) is 17.6 Å². The zero-order valence-corrected chi connectivity index (χ0v) is 18.6. The van der Waals surface area contributed by atoms with Crippen molar-refractivity contribution in [2.75, 3.05) is 16.8 Å². The number of fused-ring (bicyclic) bond motifs is 3. The summed E-state index contributed by atoms with van der Waals surface area (Å²) in [6.07, 6.45) is 1.36. The van der Waals surface area contributed by atoms with E-state index >= 15 is 0 Å². The lowest BCUT2D eigenvalue weighted by Gasteiger charge is -2.37. The Hall–Kier alpha value is -2.95. The minimum atomic E-state index is -1.64. The lowest BCUT2D eigenvalue weighted by atomic mass is 10.0. The van der Waals surface area contributed by atoms with Crippen molar-refractivity contribution in [3.63, 3.8) is 0 Å². The largest absolute Gasteiger partial charge is 0.342 e. The molecule has 1 saturated carbocycles. The van der Waals surface area contributed by atoms with Crippen molar-refractivity contribution in [2.24, 2.45) is 5.92 Å². The number of hydrogen-bond donors (Lipinski definition) is 2. The molecule has 1 aromatic carbocycles. The third-order valence-corrected chi connectivity index (χ3v) is 8.41. The number of Topliss-reactive ketones (excluding diaryl/α,β-unsaturated/α-hetero) is 1. The molecule has 11 heteroatoms. The number of nitrogens with one attached hydrogen (secondary N) is 2. The van der Waals surface area contributed by atoms with Crippen LogP contribution in [0.25, 0.3) is 0 Å². The van der Waals surface area contributed by atoms with Crippen LogP contribution in [0, 0.1) is 30.3 Å². The highest BCUT2D eigenvalue weighted by Gasteiger charge is 2.50. The van der Waals surface area contributed by atoms with Gasteiger partial charge in [0.15, 0.2) is 17.5 Å². The van der Waals surface area contributed by atoms with Crippen LogP contribution in [0.15, 0.2) is 12.1 Å². The van der Waals surface area contributed by atoms with Gasteiger partial charge >= 0.3 is 0 Å². The summed E-state index contributed by atoms with van der Waals surface area (Å²) in [6.45, 7) is 3.26. The first-order valence-electron chi connectivity index (χ1n) is 10.4. The fourth-order valence-electron chi connectivity index (χ4n) is 4.94. The summed E-state index contributed by atoms with van der Waals surface area (Å²) in [5, 5.41) is 5.02. The maximum Gasteiger partial charge on any atom is 0.292 e. The Labute approximate surface area is 189 Å². The van der Waals surface area contributed by atoms with Gasteiger partial charge in [-0.25, -0.2) is 13.2 Å². The molecule has 0 spiro atoms. The van der Waals surface area contributed by atoms with Crippen molar-refractivity contribution in [3.8, 4) is 0 Å². The normalized spacial score (nSPS) is 26.8. The van der Waals surface area contributed by atoms with Gasteiger partial charge in [-0.1, -0.05) is 0 Å². The van der Waals surface area contributed by atoms with E-state index in [0.717, 1.165) is 6.42 Å². The average molecular weight is 479 g/mol. The lowest BCUT2D eigenvalue weighted by molar-refractivity contribution is -0.118. The van der Waals surface area contributed by atoms with Crippen molar-refractivity contribution in [2.45, 2.75) is 38.3 Å².